The fourth-order valence-electron chi connectivity index (χ4n) is 1.82. The second-order valence-corrected chi connectivity index (χ2v) is 3.61. The van der Waals surface area contributed by atoms with E-state index < -0.39 is 0 Å². The van der Waals surface area contributed by atoms with E-state index in [1.54, 1.807) is 0 Å². The summed E-state index contributed by atoms with van der Waals surface area (Å²) in [7, 11) is 2.00. The maximum atomic E-state index is 10.7. The van der Waals surface area contributed by atoms with Crippen LogP contribution >= 0.6 is 0 Å². The molecule has 70 valence electrons. The molecule has 0 saturated heterocycles. The van der Waals surface area contributed by atoms with E-state index in [2.05, 4.69) is 22.7 Å². The lowest BCUT2D eigenvalue weighted by Gasteiger charge is -2.06. The van der Waals surface area contributed by atoms with Gasteiger partial charge in [-0.1, -0.05) is 25.1 Å². The van der Waals surface area contributed by atoms with Crippen molar-refractivity contribution in [3.05, 3.63) is 36.0 Å². The Morgan fingerprint density at radius 3 is 2.79 bits per heavy atom. The fraction of sp³-hybridized carbons (Fsp3) is 0.182. The fourth-order valence-corrected chi connectivity index (χ4v) is 1.82. The second-order valence-electron chi connectivity index (χ2n) is 3.61. The van der Waals surface area contributed by atoms with E-state index in [1.165, 1.54) is 10.9 Å². The maximum absolute atomic E-state index is 10.7. The predicted molar refractivity (Wildman–Crippen MR) is 60.4 cm³/mol. The number of carbonyl (C=O) groups is 1. The number of fused-ring (bicyclic) bond motifs is 1. The summed E-state index contributed by atoms with van der Waals surface area (Å²) in [6.45, 7) is 1.92. The molecule has 0 N–H and O–H groups in total. The van der Waals surface area contributed by atoms with Crippen molar-refractivity contribution in [2.24, 2.45) is 0 Å². The number of aromatic nitrogens is 1. The minimum atomic E-state index is -0.0348. The van der Waals surface area contributed by atoms with Crippen molar-refractivity contribution in [3.63, 3.8) is 0 Å². The van der Waals surface area contributed by atoms with Gasteiger partial charge in [-0.3, -0.25) is 0 Å². The van der Waals surface area contributed by atoms with Gasteiger partial charge < -0.3 is 9.27 Å². The van der Waals surface area contributed by atoms with E-state index in [0.717, 1.165) is 12.0 Å². The summed E-state index contributed by atoms with van der Waals surface area (Å²) < 4.78 is 2.08. The summed E-state index contributed by atoms with van der Waals surface area (Å²) in [6, 6.07) is 10.2. The van der Waals surface area contributed by atoms with Crippen LogP contribution in [0.3, 0.4) is 0 Å². The molecule has 2 aromatic rings. The Kier molecular flexibility index (Phi) is 2.16. The molecular formula is C11H12BNO. The zero-order chi connectivity index (χ0) is 10.1. The Balaban J connectivity index is 2.68. The lowest BCUT2D eigenvalue weighted by Crippen LogP contribution is -2.03. The van der Waals surface area contributed by atoms with E-state index in [1.807, 2.05) is 27.0 Å². The minimum absolute atomic E-state index is 0.0348. The number of para-hydroxylation sites is 1. The van der Waals surface area contributed by atoms with E-state index >= 15 is 0 Å². The average molecular weight is 185 g/mol. The van der Waals surface area contributed by atoms with Crippen molar-refractivity contribution in [3.8, 4) is 0 Å². The summed E-state index contributed by atoms with van der Waals surface area (Å²) in [5, 5.41) is 1.19. The molecule has 0 aliphatic rings. The number of aldehydes is 1. The molecule has 14 heavy (non-hydrogen) atoms. The van der Waals surface area contributed by atoms with Gasteiger partial charge in [0, 0.05) is 11.2 Å². The van der Waals surface area contributed by atoms with Crippen LogP contribution in [-0.2, 0) is 4.79 Å². The number of rotatable bonds is 2. The Bertz CT molecular complexity index is 475. The molecule has 0 aliphatic carbocycles. The normalized spacial score (nSPS) is 12.9. The maximum Gasteiger partial charge on any atom is 0.223 e. The van der Waals surface area contributed by atoms with Gasteiger partial charge in [-0.25, -0.2) is 0 Å². The van der Waals surface area contributed by atoms with Crippen LogP contribution < -0.4 is 0 Å². The largest absolute Gasteiger partial charge is 0.396 e. The number of nitrogens with zero attached hydrogens (tertiary/aromatic N) is 1. The van der Waals surface area contributed by atoms with Crippen LogP contribution in [-0.4, -0.2) is 18.7 Å². The zero-order valence-corrected chi connectivity index (χ0v) is 8.40. The summed E-state index contributed by atoms with van der Waals surface area (Å²) in [5.74, 6) is -0.0348. The molecule has 1 atom stereocenters. The van der Waals surface area contributed by atoms with Gasteiger partial charge in [0.15, 0.2) is 0 Å². The first-order chi connectivity index (χ1) is 6.74. The zero-order valence-electron chi connectivity index (χ0n) is 8.40. The van der Waals surface area contributed by atoms with Crippen LogP contribution in [0.4, 0.5) is 0 Å². The third-order valence-corrected chi connectivity index (χ3v) is 2.66. The molecule has 0 aliphatic heterocycles. The molecule has 0 radical (unpaired) electrons. The molecule has 1 aromatic heterocycles. The number of hydrogen-bond donors (Lipinski definition) is 0. The number of carbonyl (C=O) groups excluding carboxylic acids is 1. The lowest BCUT2D eigenvalue weighted by molar-refractivity contribution is -0.108. The van der Waals surface area contributed by atoms with Crippen molar-refractivity contribution in [2.45, 2.75) is 12.8 Å². The lowest BCUT2D eigenvalue weighted by atomic mass is 10.1. The van der Waals surface area contributed by atoms with Crippen LogP contribution in [0.5, 0.6) is 0 Å². The number of hydrogen-bond acceptors (Lipinski definition) is 1. The highest BCUT2D eigenvalue weighted by Gasteiger charge is 2.10. The van der Waals surface area contributed by atoms with Crippen molar-refractivity contribution in [1.82, 2.24) is 4.48 Å². The Morgan fingerprint density at radius 1 is 1.43 bits per heavy atom. The summed E-state index contributed by atoms with van der Waals surface area (Å²) in [5.41, 5.74) is 2.25. The molecular weight excluding hydrogens is 173 g/mol. The smallest absolute Gasteiger partial charge is 0.223 e. The van der Waals surface area contributed by atoms with Crippen molar-refractivity contribution < 1.29 is 4.79 Å². The van der Waals surface area contributed by atoms with Crippen molar-refractivity contribution in [1.29, 1.82) is 0 Å². The average Bonchev–Trinajstić information content (AvgIpc) is 2.56. The van der Waals surface area contributed by atoms with E-state index in [0.29, 0.717) is 0 Å². The number of benzene rings is 1. The van der Waals surface area contributed by atoms with Gasteiger partial charge in [0.05, 0.1) is 5.92 Å². The molecule has 3 heteroatoms. The van der Waals surface area contributed by atoms with Crippen molar-refractivity contribution >= 4 is 25.2 Å². The van der Waals surface area contributed by atoms with Crippen LogP contribution in [0, 0.1) is 0 Å². The topological polar surface area (TPSA) is 22.0 Å². The van der Waals surface area contributed by atoms with Gasteiger partial charge in [0.1, 0.15) is 6.29 Å². The van der Waals surface area contributed by atoms with Gasteiger partial charge in [0.25, 0.3) is 0 Å². The molecule has 0 bridgehead atoms. The van der Waals surface area contributed by atoms with Gasteiger partial charge in [-0.2, -0.15) is 0 Å². The Hall–Kier alpha value is -1.51. The van der Waals surface area contributed by atoms with Crippen LogP contribution in [0.1, 0.15) is 18.5 Å². The standard InChI is InChI=1S/C11H12BNO/c1-8(7-14)11-6-9-4-2-3-5-10(9)13(11)12/h2-8H,12H2,1H3. The van der Waals surface area contributed by atoms with Gasteiger partial charge in [-0.05, 0) is 17.5 Å². The molecule has 0 spiro atoms. The highest BCUT2D eigenvalue weighted by atomic mass is 16.1. The van der Waals surface area contributed by atoms with Crippen LogP contribution in [0.25, 0.3) is 10.9 Å². The summed E-state index contributed by atoms with van der Waals surface area (Å²) in [6.07, 6.45) is 0.980. The van der Waals surface area contributed by atoms with Crippen LogP contribution in [0.2, 0.25) is 0 Å². The van der Waals surface area contributed by atoms with Crippen molar-refractivity contribution in [2.75, 3.05) is 0 Å². The molecule has 2 nitrogen and oxygen atoms in total. The first-order valence-corrected chi connectivity index (χ1v) is 4.73. The molecule has 0 saturated carbocycles. The van der Waals surface area contributed by atoms with E-state index in [4.69, 9.17) is 0 Å². The quantitative estimate of drug-likeness (QED) is 0.511. The predicted octanol–water partition coefficient (Wildman–Crippen LogP) is 1.34. The minimum Gasteiger partial charge on any atom is -0.396 e. The molecule has 0 amide bonds. The summed E-state index contributed by atoms with van der Waals surface area (Å²) >= 11 is 0. The summed E-state index contributed by atoms with van der Waals surface area (Å²) in [4.78, 5) is 10.7. The van der Waals surface area contributed by atoms with Gasteiger partial charge in [-0.15, -0.1) is 0 Å². The van der Waals surface area contributed by atoms with E-state index in [9.17, 15) is 4.79 Å². The third-order valence-electron chi connectivity index (χ3n) is 2.66. The van der Waals surface area contributed by atoms with Crippen LogP contribution in [0.15, 0.2) is 30.3 Å². The van der Waals surface area contributed by atoms with E-state index in [-0.39, 0.29) is 5.92 Å². The SMILES string of the molecule is Bn1c(C(C)C=O)cc2ccccc21. The molecule has 1 unspecified atom stereocenters. The highest BCUT2D eigenvalue weighted by molar-refractivity contribution is 6.12. The first kappa shape index (κ1) is 9.07. The van der Waals surface area contributed by atoms with Gasteiger partial charge >= 0.3 is 0 Å². The molecule has 0 fully saturated rings. The molecule has 1 aromatic carbocycles. The molecule has 1 heterocycles. The third kappa shape index (κ3) is 1.25. The molecule has 2 rings (SSSR count). The monoisotopic (exact) mass is 185 g/mol. The van der Waals surface area contributed by atoms with Gasteiger partial charge in [0.2, 0.25) is 7.98 Å². The first-order valence-electron chi connectivity index (χ1n) is 4.73. The second kappa shape index (κ2) is 3.33. The Morgan fingerprint density at radius 2 is 2.14 bits per heavy atom. The Labute approximate surface area is 84.0 Å². The highest BCUT2D eigenvalue weighted by Crippen LogP contribution is 2.22.